The van der Waals surface area contributed by atoms with Crippen LogP contribution in [0, 0.1) is 5.82 Å². The third-order valence-corrected chi connectivity index (χ3v) is 4.20. The van der Waals surface area contributed by atoms with E-state index in [1.807, 2.05) is 0 Å². The molecular weight excluding hydrogens is 403 g/mol. The van der Waals surface area contributed by atoms with Crippen LogP contribution in [-0.2, 0) is 32.3 Å². The van der Waals surface area contributed by atoms with Crippen molar-refractivity contribution in [3.8, 4) is 22.6 Å². The van der Waals surface area contributed by atoms with Crippen molar-refractivity contribution >= 4 is 11.9 Å². The fraction of sp³-hybridized carbons (Fsp3) is 0.250. The number of hydrogen-bond acceptors (Lipinski definition) is 6. The summed E-state index contributed by atoms with van der Waals surface area (Å²) in [6.45, 7) is 10.3. The van der Waals surface area contributed by atoms with Crippen LogP contribution in [0.5, 0.6) is 11.5 Å². The van der Waals surface area contributed by atoms with E-state index >= 15 is 4.39 Å². The van der Waals surface area contributed by atoms with Gasteiger partial charge >= 0.3 is 11.9 Å². The van der Waals surface area contributed by atoms with E-state index in [1.165, 1.54) is 27.2 Å². The zero-order chi connectivity index (χ0) is 23.1. The number of carbonyl (C=O) groups excluding carboxylic acids is 2. The van der Waals surface area contributed by atoms with Gasteiger partial charge in [-0.25, -0.2) is 14.0 Å². The van der Waals surface area contributed by atoms with Crippen LogP contribution in [0.1, 0.15) is 25.0 Å². The van der Waals surface area contributed by atoms with Gasteiger partial charge < -0.3 is 18.9 Å². The van der Waals surface area contributed by atoms with Crippen molar-refractivity contribution in [3.63, 3.8) is 0 Å². The summed E-state index contributed by atoms with van der Waals surface area (Å²) in [5, 5.41) is 0. The largest absolute Gasteiger partial charge is 0.423 e. The molecule has 0 fully saturated rings. The molecular formula is C24H25FO6. The van der Waals surface area contributed by atoms with Gasteiger partial charge in [0, 0.05) is 42.6 Å². The monoisotopic (exact) mass is 428 g/mol. The Kier molecular flexibility index (Phi) is 8.24. The maximum absolute atomic E-state index is 15.1. The van der Waals surface area contributed by atoms with Crippen molar-refractivity contribution in [2.45, 2.75) is 27.1 Å². The number of rotatable bonds is 9. The highest BCUT2D eigenvalue weighted by molar-refractivity contribution is 5.89. The van der Waals surface area contributed by atoms with Crippen molar-refractivity contribution in [1.29, 1.82) is 0 Å². The number of carbonyl (C=O) groups is 2. The average molecular weight is 428 g/mol. The average Bonchev–Trinajstić information content (AvgIpc) is 2.69. The minimum Gasteiger partial charge on any atom is -0.423 e. The summed E-state index contributed by atoms with van der Waals surface area (Å²) in [4.78, 5) is 23.7. The number of halogens is 1. The van der Waals surface area contributed by atoms with Crippen LogP contribution < -0.4 is 9.47 Å². The van der Waals surface area contributed by atoms with Crippen molar-refractivity contribution in [1.82, 2.24) is 0 Å². The quantitative estimate of drug-likeness (QED) is 0.326. The number of methoxy groups -OCH3 is 2. The standard InChI is InChI=1S/C24H25FO6/c1-14(2)23(26)30-19-10-18(13-29-6)22(20(25)11-19)16-7-8-21(17(9-16)12-28-5)31-24(27)15(3)4/h7-11H,1,3,12-13H2,2,4-6H3. The number of hydrogen-bond donors (Lipinski definition) is 0. The molecule has 2 aromatic rings. The second-order valence-corrected chi connectivity index (χ2v) is 6.97. The molecule has 0 aliphatic carbocycles. The Hall–Kier alpha value is -3.29. The molecule has 0 aliphatic rings. The summed E-state index contributed by atoms with van der Waals surface area (Å²) in [5.41, 5.74) is 2.26. The van der Waals surface area contributed by atoms with Gasteiger partial charge in [-0.3, -0.25) is 0 Å². The molecule has 0 bridgehead atoms. The third-order valence-electron chi connectivity index (χ3n) is 4.20. The SMILES string of the molecule is C=C(C)C(=O)Oc1cc(F)c(-c2ccc(OC(=O)C(=C)C)c(COC)c2)c(COC)c1. The molecule has 7 heteroatoms. The lowest BCUT2D eigenvalue weighted by atomic mass is 9.97. The molecule has 0 heterocycles. The number of benzene rings is 2. The van der Waals surface area contributed by atoms with E-state index in [9.17, 15) is 9.59 Å². The number of esters is 2. The summed E-state index contributed by atoms with van der Waals surface area (Å²) in [6, 6.07) is 7.52. The van der Waals surface area contributed by atoms with E-state index < -0.39 is 17.8 Å². The molecule has 0 aliphatic heterocycles. The van der Waals surface area contributed by atoms with Gasteiger partial charge in [-0.05, 0) is 43.2 Å². The predicted molar refractivity (Wildman–Crippen MR) is 114 cm³/mol. The summed E-state index contributed by atoms with van der Waals surface area (Å²) < 4.78 is 36.0. The van der Waals surface area contributed by atoms with Crippen LogP contribution in [0.25, 0.3) is 11.1 Å². The molecule has 2 aromatic carbocycles. The van der Waals surface area contributed by atoms with Gasteiger partial charge in [-0.15, -0.1) is 0 Å². The van der Waals surface area contributed by atoms with Crippen LogP contribution in [0.15, 0.2) is 54.6 Å². The second kappa shape index (κ2) is 10.7. The summed E-state index contributed by atoms with van der Waals surface area (Å²) in [6.07, 6.45) is 0. The van der Waals surface area contributed by atoms with Gasteiger partial charge in [0.2, 0.25) is 0 Å². The van der Waals surface area contributed by atoms with Crippen LogP contribution in [-0.4, -0.2) is 26.2 Å². The molecule has 0 unspecified atom stereocenters. The first kappa shape index (κ1) is 24.0. The fourth-order valence-corrected chi connectivity index (χ4v) is 2.77. The van der Waals surface area contributed by atoms with Crippen LogP contribution in [0.2, 0.25) is 0 Å². The molecule has 0 aromatic heterocycles. The zero-order valence-corrected chi connectivity index (χ0v) is 18.0. The molecule has 0 saturated heterocycles. The lowest BCUT2D eigenvalue weighted by Crippen LogP contribution is -2.10. The Labute approximate surface area is 180 Å². The zero-order valence-electron chi connectivity index (χ0n) is 18.0. The van der Waals surface area contributed by atoms with Crippen molar-refractivity contribution in [3.05, 3.63) is 71.6 Å². The highest BCUT2D eigenvalue weighted by Gasteiger charge is 2.18. The predicted octanol–water partition coefficient (Wildman–Crippen LogP) is 4.75. The fourth-order valence-electron chi connectivity index (χ4n) is 2.77. The van der Waals surface area contributed by atoms with Gasteiger partial charge in [0.05, 0.1) is 13.2 Å². The maximum Gasteiger partial charge on any atom is 0.338 e. The smallest absolute Gasteiger partial charge is 0.338 e. The van der Waals surface area contributed by atoms with E-state index in [0.717, 1.165) is 6.07 Å². The van der Waals surface area contributed by atoms with E-state index in [0.29, 0.717) is 22.4 Å². The van der Waals surface area contributed by atoms with Gasteiger partial charge in [0.15, 0.2) is 0 Å². The van der Waals surface area contributed by atoms with E-state index in [-0.39, 0.29) is 35.7 Å². The molecule has 0 atom stereocenters. The first-order valence-corrected chi connectivity index (χ1v) is 9.36. The Morgan fingerprint density at radius 1 is 0.871 bits per heavy atom. The topological polar surface area (TPSA) is 71.1 Å². The molecule has 0 spiro atoms. The van der Waals surface area contributed by atoms with E-state index in [4.69, 9.17) is 18.9 Å². The summed E-state index contributed by atoms with van der Waals surface area (Å²) in [7, 11) is 2.98. The highest BCUT2D eigenvalue weighted by atomic mass is 19.1. The Balaban J connectivity index is 2.53. The lowest BCUT2D eigenvalue weighted by molar-refractivity contribution is -0.131. The maximum atomic E-state index is 15.1. The van der Waals surface area contributed by atoms with Crippen molar-refractivity contribution in [2.75, 3.05) is 14.2 Å². The third kappa shape index (κ3) is 6.10. The van der Waals surface area contributed by atoms with E-state index in [2.05, 4.69) is 13.2 Å². The van der Waals surface area contributed by atoms with Crippen LogP contribution in [0.4, 0.5) is 4.39 Å². The van der Waals surface area contributed by atoms with Crippen LogP contribution in [0.3, 0.4) is 0 Å². The molecule has 0 radical (unpaired) electrons. The molecule has 2 rings (SSSR count). The first-order valence-electron chi connectivity index (χ1n) is 9.36. The van der Waals surface area contributed by atoms with E-state index in [1.54, 1.807) is 25.1 Å². The van der Waals surface area contributed by atoms with Crippen molar-refractivity contribution in [2.24, 2.45) is 0 Å². The Bertz CT molecular complexity index is 1020. The van der Waals surface area contributed by atoms with Gasteiger partial charge in [0.1, 0.15) is 17.3 Å². The normalized spacial score (nSPS) is 10.5. The van der Waals surface area contributed by atoms with Crippen molar-refractivity contribution < 1.29 is 32.9 Å². The molecule has 164 valence electrons. The minimum absolute atomic E-state index is 0.0467. The highest BCUT2D eigenvalue weighted by Crippen LogP contribution is 2.34. The summed E-state index contributed by atoms with van der Waals surface area (Å²) in [5.74, 6) is -1.49. The summed E-state index contributed by atoms with van der Waals surface area (Å²) >= 11 is 0. The molecule has 0 amide bonds. The molecule has 0 saturated carbocycles. The molecule has 0 N–H and O–H groups in total. The lowest BCUT2D eigenvalue weighted by Gasteiger charge is -2.16. The Morgan fingerprint density at radius 3 is 2.03 bits per heavy atom. The Morgan fingerprint density at radius 2 is 1.45 bits per heavy atom. The molecule has 6 nitrogen and oxygen atoms in total. The van der Waals surface area contributed by atoms with Crippen LogP contribution >= 0.6 is 0 Å². The van der Waals surface area contributed by atoms with Gasteiger partial charge in [-0.2, -0.15) is 0 Å². The second-order valence-electron chi connectivity index (χ2n) is 6.97. The number of ether oxygens (including phenoxy) is 4. The first-order chi connectivity index (χ1) is 14.7. The minimum atomic E-state index is -0.651. The molecule has 31 heavy (non-hydrogen) atoms. The van der Waals surface area contributed by atoms with Gasteiger partial charge in [-0.1, -0.05) is 19.2 Å². The van der Waals surface area contributed by atoms with Gasteiger partial charge in [0.25, 0.3) is 0 Å².